The molecule has 0 spiro atoms. The van der Waals surface area contributed by atoms with Crippen LogP contribution in [0.5, 0.6) is 0 Å². The largest absolute Gasteiger partial charge is 0.357 e. The lowest BCUT2D eigenvalue weighted by Crippen LogP contribution is -2.57. The van der Waals surface area contributed by atoms with Crippen LogP contribution in [0.3, 0.4) is 0 Å². The number of aliphatic imine (C=N–C) groups is 1. The van der Waals surface area contributed by atoms with E-state index in [-0.39, 0.29) is 35.3 Å². The van der Waals surface area contributed by atoms with Crippen LogP contribution in [0.4, 0.5) is 0 Å². The highest BCUT2D eigenvalue weighted by atomic mass is 127. The van der Waals surface area contributed by atoms with Crippen molar-refractivity contribution >= 4 is 39.8 Å². The Balaban J connectivity index is 0.00000338. The topological polar surface area (TPSA) is 65.0 Å². The first-order valence-corrected chi connectivity index (χ1v) is 11.2. The molecule has 8 heteroatoms. The second kappa shape index (κ2) is 9.41. The van der Waals surface area contributed by atoms with E-state index in [1.807, 2.05) is 13.8 Å². The third kappa shape index (κ3) is 5.70. The van der Waals surface area contributed by atoms with Gasteiger partial charge in [-0.1, -0.05) is 6.42 Å². The summed E-state index contributed by atoms with van der Waals surface area (Å²) in [5.41, 5.74) is 0.0263. The number of nitrogens with one attached hydrogen (secondary N) is 1. The number of hydrogen-bond acceptors (Lipinski definition) is 4. The molecule has 2 saturated heterocycles. The van der Waals surface area contributed by atoms with Gasteiger partial charge in [-0.15, -0.1) is 24.0 Å². The predicted octanol–water partition coefficient (Wildman–Crippen LogP) is 2.34. The minimum atomic E-state index is -3.04. The average molecular weight is 500 g/mol. The van der Waals surface area contributed by atoms with Crippen LogP contribution in [-0.2, 0) is 9.84 Å². The Morgan fingerprint density at radius 1 is 1.15 bits per heavy atom. The summed E-state index contributed by atoms with van der Waals surface area (Å²) in [5, 5.41) is 3.36. The maximum atomic E-state index is 12.3. The summed E-state index contributed by atoms with van der Waals surface area (Å²) >= 11 is 0. The average Bonchev–Trinajstić information content (AvgIpc) is 2.55. The SMILES string of the molecule is CCNC(=NCC(C)(C)N1CCCCC1)N1CCS(=O)(=O)C(C)(C)C1.I. The fraction of sp³-hybridized carbons (Fsp3) is 0.944. The number of likely N-dealkylation sites (tertiary alicyclic amines) is 1. The Hall–Kier alpha value is -0.0900. The van der Waals surface area contributed by atoms with Crippen molar-refractivity contribution in [1.29, 1.82) is 0 Å². The summed E-state index contributed by atoms with van der Waals surface area (Å²) in [6.45, 7) is 15.0. The molecule has 6 nitrogen and oxygen atoms in total. The minimum Gasteiger partial charge on any atom is -0.357 e. The van der Waals surface area contributed by atoms with Crippen molar-refractivity contribution in [2.24, 2.45) is 4.99 Å². The number of rotatable bonds is 4. The van der Waals surface area contributed by atoms with Gasteiger partial charge < -0.3 is 10.2 Å². The van der Waals surface area contributed by atoms with Crippen molar-refractivity contribution in [2.75, 3.05) is 45.0 Å². The zero-order chi connectivity index (χ0) is 18.7. The summed E-state index contributed by atoms with van der Waals surface area (Å²) in [5.74, 6) is 1.04. The molecule has 1 N–H and O–H groups in total. The van der Waals surface area contributed by atoms with Crippen LogP contribution < -0.4 is 5.32 Å². The fourth-order valence-corrected chi connectivity index (χ4v) is 4.98. The Morgan fingerprint density at radius 2 is 1.77 bits per heavy atom. The molecule has 2 aliphatic rings. The van der Waals surface area contributed by atoms with Crippen LogP contribution in [0, 0.1) is 0 Å². The number of hydrogen-bond donors (Lipinski definition) is 1. The van der Waals surface area contributed by atoms with E-state index in [1.54, 1.807) is 0 Å². The van der Waals surface area contributed by atoms with Gasteiger partial charge in [0.2, 0.25) is 0 Å². The summed E-state index contributed by atoms with van der Waals surface area (Å²) in [6.07, 6.45) is 3.87. The highest BCUT2D eigenvalue weighted by Gasteiger charge is 2.41. The maximum Gasteiger partial charge on any atom is 0.194 e. The van der Waals surface area contributed by atoms with E-state index in [0.717, 1.165) is 32.1 Å². The molecular formula is C18H37IN4O2S. The van der Waals surface area contributed by atoms with Gasteiger partial charge >= 0.3 is 0 Å². The van der Waals surface area contributed by atoms with Crippen molar-refractivity contribution in [3.05, 3.63) is 0 Å². The van der Waals surface area contributed by atoms with Crippen LogP contribution >= 0.6 is 24.0 Å². The van der Waals surface area contributed by atoms with Gasteiger partial charge in [0.15, 0.2) is 15.8 Å². The van der Waals surface area contributed by atoms with Gasteiger partial charge in [-0.25, -0.2) is 8.42 Å². The van der Waals surface area contributed by atoms with Crippen molar-refractivity contribution in [1.82, 2.24) is 15.1 Å². The lowest BCUT2D eigenvalue weighted by atomic mass is 9.99. The molecule has 2 rings (SSSR count). The van der Waals surface area contributed by atoms with Crippen molar-refractivity contribution in [3.63, 3.8) is 0 Å². The molecule has 0 aliphatic carbocycles. The summed E-state index contributed by atoms with van der Waals surface area (Å²) in [4.78, 5) is 9.54. The normalized spacial score (nSPS) is 24.0. The van der Waals surface area contributed by atoms with Gasteiger partial charge in [0, 0.05) is 25.2 Å². The van der Waals surface area contributed by atoms with Crippen LogP contribution in [0.2, 0.25) is 0 Å². The van der Waals surface area contributed by atoms with Crippen LogP contribution in [0.15, 0.2) is 4.99 Å². The van der Waals surface area contributed by atoms with E-state index in [0.29, 0.717) is 13.1 Å². The van der Waals surface area contributed by atoms with Gasteiger partial charge in [0.25, 0.3) is 0 Å². The molecule has 0 amide bonds. The van der Waals surface area contributed by atoms with Gasteiger partial charge in [-0.2, -0.15) is 0 Å². The summed E-state index contributed by atoms with van der Waals surface area (Å²) in [6, 6.07) is 0. The third-order valence-corrected chi connectivity index (χ3v) is 8.04. The Morgan fingerprint density at radius 3 is 2.31 bits per heavy atom. The molecule has 26 heavy (non-hydrogen) atoms. The summed E-state index contributed by atoms with van der Waals surface area (Å²) < 4.78 is 23.8. The molecule has 0 bridgehead atoms. The third-order valence-electron chi connectivity index (χ3n) is 5.51. The van der Waals surface area contributed by atoms with E-state index >= 15 is 0 Å². The van der Waals surface area contributed by atoms with Gasteiger partial charge in [-0.05, 0) is 60.5 Å². The highest BCUT2D eigenvalue weighted by molar-refractivity contribution is 14.0. The Bertz CT molecular complexity index is 584. The Kier molecular flexibility index (Phi) is 8.66. The molecule has 2 fully saturated rings. The number of sulfone groups is 1. The van der Waals surface area contributed by atoms with Gasteiger partial charge in [0.1, 0.15) is 0 Å². The van der Waals surface area contributed by atoms with Gasteiger partial charge in [0.05, 0.1) is 17.0 Å². The van der Waals surface area contributed by atoms with E-state index in [1.165, 1.54) is 19.3 Å². The lowest BCUT2D eigenvalue weighted by Gasteiger charge is -2.41. The number of halogens is 1. The zero-order valence-electron chi connectivity index (χ0n) is 17.0. The zero-order valence-corrected chi connectivity index (χ0v) is 20.2. The minimum absolute atomic E-state index is 0. The highest BCUT2D eigenvalue weighted by Crippen LogP contribution is 2.24. The van der Waals surface area contributed by atoms with Crippen LogP contribution in [-0.4, -0.2) is 79.5 Å². The lowest BCUT2D eigenvalue weighted by molar-refractivity contribution is 0.102. The van der Waals surface area contributed by atoms with Crippen molar-refractivity contribution < 1.29 is 8.42 Å². The molecule has 154 valence electrons. The monoisotopic (exact) mass is 500 g/mol. The summed E-state index contributed by atoms with van der Waals surface area (Å²) in [7, 11) is -3.04. The molecular weight excluding hydrogens is 463 g/mol. The smallest absolute Gasteiger partial charge is 0.194 e. The van der Waals surface area contributed by atoms with Crippen molar-refractivity contribution in [3.8, 4) is 0 Å². The first-order valence-electron chi connectivity index (χ1n) is 9.60. The molecule has 0 aromatic rings. The van der Waals surface area contributed by atoms with Crippen LogP contribution in [0.25, 0.3) is 0 Å². The second-order valence-corrected chi connectivity index (χ2v) is 11.3. The first-order chi connectivity index (χ1) is 11.6. The maximum absolute atomic E-state index is 12.3. The standard InChI is InChI=1S/C18H36N4O2S.HI/c1-6-19-16(21-12-13-25(23,24)18(4,5)15-21)20-14-17(2,3)22-10-8-7-9-11-22;/h6-15H2,1-5H3,(H,19,20);1H. The van der Waals surface area contributed by atoms with E-state index < -0.39 is 14.6 Å². The first kappa shape index (κ1) is 23.9. The van der Waals surface area contributed by atoms with Crippen LogP contribution in [0.1, 0.15) is 53.9 Å². The molecule has 0 atom stereocenters. The number of piperidine rings is 1. The number of nitrogens with zero attached hydrogens (tertiary/aromatic N) is 3. The molecule has 2 aliphatic heterocycles. The molecule has 0 aromatic carbocycles. The molecule has 0 unspecified atom stereocenters. The van der Waals surface area contributed by atoms with E-state index in [9.17, 15) is 8.42 Å². The predicted molar refractivity (Wildman–Crippen MR) is 120 cm³/mol. The quantitative estimate of drug-likeness (QED) is 0.365. The fourth-order valence-electron chi connectivity index (χ4n) is 3.62. The second-order valence-electron chi connectivity index (χ2n) is 8.53. The van der Waals surface area contributed by atoms with Gasteiger partial charge in [-0.3, -0.25) is 9.89 Å². The molecule has 0 radical (unpaired) electrons. The Labute approximate surface area is 177 Å². The van der Waals surface area contributed by atoms with Crippen molar-refractivity contribution in [2.45, 2.75) is 64.2 Å². The van der Waals surface area contributed by atoms with E-state index in [2.05, 4.69) is 35.9 Å². The van der Waals surface area contributed by atoms with E-state index in [4.69, 9.17) is 4.99 Å². The number of guanidine groups is 1. The molecule has 0 aromatic heterocycles. The molecule has 2 heterocycles. The molecule has 0 saturated carbocycles.